The highest BCUT2D eigenvalue weighted by atomic mass is 35.5. The number of nitrogens with two attached hydrogens (primary N) is 1. The Morgan fingerprint density at radius 1 is 1.32 bits per heavy atom. The Bertz CT molecular complexity index is 729. The van der Waals surface area contributed by atoms with Crippen molar-refractivity contribution in [3.05, 3.63) is 40.5 Å². The molecule has 3 aromatic heterocycles. The molecule has 2 N–H and O–H groups in total. The first-order valence-electron chi connectivity index (χ1n) is 5.46. The number of nitrogen functional groups attached to an aromatic ring is 1. The minimum atomic E-state index is 0.493. The molecule has 0 aromatic carbocycles. The Balaban J connectivity index is 1.81. The van der Waals surface area contributed by atoms with E-state index in [1.54, 1.807) is 17.5 Å². The van der Waals surface area contributed by atoms with E-state index in [0.29, 0.717) is 16.1 Å². The molecule has 3 rings (SSSR count). The molecule has 0 saturated carbocycles. The minimum Gasteiger partial charge on any atom is -0.383 e. The molecule has 3 aromatic rings. The number of nitrogens with zero attached hydrogens (tertiary/aromatic N) is 3. The average Bonchev–Trinajstić information content (AvgIpc) is 2.85. The largest absolute Gasteiger partial charge is 0.383 e. The van der Waals surface area contributed by atoms with Crippen molar-refractivity contribution in [2.24, 2.45) is 0 Å². The lowest BCUT2D eigenvalue weighted by molar-refractivity contribution is 1.02. The van der Waals surface area contributed by atoms with Gasteiger partial charge in [0.25, 0.3) is 0 Å². The van der Waals surface area contributed by atoms with E-state index in [1.165, 1.54) is 11.8 Å². The molecule has 0 radical (unpaired) electrons. The van der Waals surface area contributed by atoms with Gasteiger partial charge in [0, 0.05) is 11.9 Å². The van der Waals surface area contributed by atoms with Gasteiger partial charge in [-0.1, -0.05) is 23.4 Å². The molecule has 0 aliphatic carbocycles. The van der Waals surface area contributed by atoms with E-state index in [1.807, 2.05) is 23.6 Å². The summed E-state index contributed by atoms with van der Waals surface area (Å²) >= 11 is 8.94. The number of hydrogen-bond acceptors (Lipinski definition) is 6. The van der Waals surface area contributed by atoms with Gasteiger partial charge in [0.15, 0.2) is 5.16 Å². The highest BCUT2D eigenvalue weighted by Gasteiger charge is 2.07. The zero-order valence-corrected chi connectivity index (χ0v) is 12.1. The van der Waals surface area contributed by atoms with Crippen LogP contribution in [0, 0.1) is 0 Å². The van der Waals surface area contributed by atoms with Crippen molar-refractivity contribution in [2.45, 2.75) is 10.9 Å². The van der Waals surface area contributed by atoms with Crippen LogP contribution in [0.5, 0.6) is 0 Å². The number of pyridine rings is 1. The van der Waals surface area contributed by atoms with Crippen LogP contribution in [0.1, 0.15) is 5.56 Å². The Morgan fingerprint density at radius 2 is 2.21 bits per heavy atom. The number of thioether (sulfide) groups is 1. The van der Waals surface area contributed by atoms with Crippen molar-refractivity contribution in [1.29, 1.82) is 0 Å². The summed E-state index contributed by atoms with van der Waals surface area (Å²) in [6, 6.07) is 5.69. The Labute approximate surface area is 123 Å². The second-order valence-electron chi connectivity index (χ2n) is 3.81. The lowest BCUT2D eigenvalue weighted by atomic mass is 10.3. The first kappa shape index (κ1) is 12.7. The number of fused-ring (bicyclic) bond motifs is 1. The molecule has 0 aliphatic rings. The third kappa shape index (κ3) is 2.80. The maximum atomic E-state index is 5.91. The first-order chi connectivity index (χ1) is 9.22. The van der Waals surface area contributed by atoms with E-state index in [9.17, 15) is 0 Å². The van der Waals surface area contributed by atoms with Gasteiger partial charge in [0.05, 0.1) is 5.39 Å². The van der Waals surface area contributed by atoms with Gasteiger partial charge in [-0.3, -0.25) is 0 Å². The highest BCUT2D eigenvalue weighted by Crippen LogP contribution is 2.27. The molecule has 3 heterocycles. The molecule has 4 nitrogen and oxygen atoms in total. The average molecular weight is 309 g/mol. The van der Waals surface area contributed by atoms with E-state index in [-0.39, 0.29) is 0 Å². The fourth-order valence-electron chi connectivity index (χ4n) is 1.60. The zero-order chi connectivity index (χ0) is 13.2. The summed E-state index contributed by atoms with van der Waals surface area (Å²) in [6.45, 7) is 0. The summed E-state index contributed by atoms with van der Waals surface area (Å²) in [5.74, 6) is 1.26. The molecule has 0 atom stereocenters. The third-order valence-electron chi connectivity index (χ3n) is 2.49. The third-order valence-corrected chi connectivity index (χ3v) is 4.42. The van der Waals surface area contributed by atoms with Gasteiger partial charge >= 0.3 is 0 Å². The van der Waals surface area contributed by atoms with Gasteiger partial charge in [-0.2, -0.15) is 0 Å². The van der Waals surface area contributed by atoms with Crippen LogP contribution in [0.15, 0.2) is 34.9 Å². The quantitative estimate of drug-likeness (QED) is 0.455. The molecule has 0 fully saturated rings. The molecule has 0 bridgehead atoms. The summed E-state index contributed by atoms with van der Waals surface area (Å²) < 4.78 is 0. The summed E-state index contributed by atoms with van der Waals surface area (Å²) in [6.07, 6.45) is 1.69. The molecule has 96 valence electrons. The van der Waals surface area contributed by atoms with Crippen LogP contribution in [-0.2, 0) is 5.75 Å². The zero-order valence-electron chi connectivity index (χ0n) is 9.71. The van der Waals surface area contributed by atoms with Crippen molar-refractivity contribution in [2.75, 3.05) is 5.73 Å². The molecule has 0 spiro atoms. The maximum Gasteiger partial charge on any atom is 0.191 e. The summed E-state index contributed by atoms with van der Waals surface area (Å²) in [5.41, 5.74) is 6.99. The monoisotopic (exact) mass is 308 g/mol. The standard InChI is InChI=1S/C12H9ClN4S2/c13-9-5-7(1-3-15-9)6-19-12-16-10(14)8-2-4-18-11(8)17-12/h1-5H,6H2,(H2,14,16,17). The number of anilines is 1. The maximum absolute atomic E-state index is 5.91. The van der Waals surface area contributed by atoms with Gasteiger partial charge in [-0.05, 0) is 29.1 Å². The Morgan fingerprint density at radius 3 is 3.05 bits per heavy atom. The van der Waals surface area contributed by atoms with Crippen molar-refractivity contribution in [1.82, 2.24) is 15.0 Å². The molecule has 0 saturated heterocycles. The van der Waals surface area contributed by atoms with Crippen LogP contribution in [0.2, 0.25) is 5.15 Å². The van der Waals surface area contributed by atoms with Gasteiger partial charge in [-0.25, -0.2) is 15.0 Å². The molecular formula is C12H9ClN4S2. The van der Waals surface area contributed by atoms with Crippen molar-refractivity contribution < 1.29 is 0 Å². The van der Waals surface area contributed by atoms with Crippen molar-refractivity contribution >= 4 is 50.7 Å². The van der Waals surface area contributed by atoms with E-state index >= 15 is 0 Å². The molecule has 0 amide bonds. The molecule has 19 heavy (non-hydrogen) atoms. The molecule has 7 heteroatoms. The Hall–Kier alpha value is -1.37. The number of hydrogen-bond donors (Lipinski definition) is 1. The van der Waals surface area contributed by atoms with Crippen LogP contribution in [-0.4, -0.2) is 15.0 Å². The Kier molecular flexibility index (Phi) is 3.54. The number of thiophene rings is 1. The van der Waals surface area contributed by atoms with Gasteiger partial charge < -0.3 is 5.73 Å². The fraction of sp³-hybridized carbons (Fsp3) is 0.0833. The topological polar surface area (TPSA) is 64.7 Å². The van der Waals surface area contributed by atoms with E-state index in [0.717, 1.165) is 21.5 Å². The molecular weight excluding hydrogens is 300 g/mol. The fourth-order valence-corrected chi connectivity index (χ4v) is 3.42. The number of halogens is 1. The summed E-state index contributed by atoms with van der Waals surface area (Å²) in [7, 11) is 0. The van der Waals surface area contributed by atoms with Crippen LogP contribution in [0.25, 0.3) is 10.2 Å². The predicted molar refractivity (Wildman–Crippen MR) is 80.6 cm³/mol. The van der Waals surface area contributed by atoms with Crippen LogP contribution < -0.4 is 5.73 Å². The molecule has 0 unspecified atom stereocenters. The van der Waals surface area contributed by atoms with Gasteiger partial charge in [-0.15, -0.1) is 11.3 Å². The van der Waals surface area contributed by atoms with Crippen LogP contribution in [0.3, 0.4) is 0 Å². The second-order valence-corrected chi connectivity index (χ2v) is 6.03. The lowest BCUT2D eigenvalue weighted by Gasteiger charge is -2.03. The normalized spacial score (nSPS) is 11.0. The van der Waals surface area contributed by atoms with Crippen molar-refractivity contribution in [3.63, 3.8) is 0 Å². The van der Waals surface area contributed by atoms with Gasteiger partial charge in [0.2, 0.25) is 0 Å². The van der Waals surface area contributed by atoms with E-state index in [4.69, 9.17) is 17.3 Å². The molecule has 0 aliphatic heterocycles. The minimum absolute atomic E-state index is 0.493. The van der Waals surface area contributed by atoms with E-state index < -0.39 is 0 Å². The highest BCUT2D eigenvalue weighted by molar-refractivity contribution is 7.98. The van der Waals surface area contributed by atoms with Crippen LogP contribution in [0.4, 0.5) is 5.82 Å². The number of aromatic nitrogens is 3. The second kappa shape index (κ2) is 5.32. The smallest absolute Gasteiger partial charge is 0.191 e. The predicted octanol–water partition coefficient (Wildman–Crippen LogP) is 3.61. The lowest BCUT2D eigenvalue weighted by Crippen LogP contribution is -1.95. The van der Waals surface area contributed by atoms with E-state index in [2.05, 4.69) is 15.0 Å². The summed E-state index contributed by atoms with van der Waals surface area (Å²) in [5, 5.41) is 4.06. The summed E-state index contributed by atoms with van der Waals surface area (Å²) in [4.78, 5) is 13.6. The van der Waals surface area contributed by atoms with Gasteiger partial charge in [0.1, 0.15) is 15.8 Å². The van der Waals surface area contributed by atoms with Crippen molar-refractivity contribution in [3.8, 4) is 0 Å². The SMILES string of the molecule is Nc1nc(SCc2ccnc(Cl)c2)nc2sccc12. The number of rotatable bonds is 3. The van der Waals surface area contributed by atoms with Crippen LogP contribution >= 0.6 is 34.7 Å². The first-order valence-corrected chi connectivity index (χ1v) is 7.70.